The molecule has 1 N–H and O–H groups in total. The number of anilines is 1. The van der Waals surface area contributed by atoms with E-state index in [4.69, 9.17) is 11.6 Å². The third-order valence-corrected chi connectivity index (χ3v) is 6.07. The van der Waals surface area contributed by atoms with Gasteiger partial charge in [0.1, 0.15) is 5.69 Å². The van der Waals surface area contributed by atoms with E-state index in [2.05, 4.69) is 10.4 Å². The molecule has 0 aliphatic rings. The molecule has 0 aliphatic carbocycles. The van der Waals surface area contributed by atoms with Gasteiger partial charge in [0.25, 0.3) is 5.91 Å². The van der Waals surface area contributed by atoms with Gasteiger partial charge in [-0.1, -0.05) is 60.1 Å². The van der Waals surface area contributed by atoms with Gasteiger partial charge in [0, 0.05) is 11.8 Å². The van der Waals surface area contributed by atoms with Crippen LogP contribution in [0.25, 0.3) is 16.9 Å². The SMILES string of the molecule is CS(=O)(=O)c1ccc(Cl)c(NC(=O)c2cc(-c3ccccc3)nn2-c2ccccc2)c1. The van der Waals surface area contributed by atoms with E-state index in [1.165, 1.54) is 18.2 Å². The largest absolute Gasteiger partial charge is 0.319 e. The second kappa shape index (κ2) is 8.37. The highest BCUT2D eigenvalue weighted by atomic mass is 35.5. The van der Waals surface area contributed by atoms with Gasteiger partial charge in [-0.3, -0.25) is 4.79 Å². The van der Waals surface area contributed by atoms with Gasteiger partial charge in [0.15, 0.2) is 9.84 Å². The molecule has 4 rings (SSSR count). The highest BCUT2D eigenvalue weighted by molar-refractivity contribution is 7.90. The quantitative estimate of drug-likeness (QED) is 0.470. The smallest absolute Gasteiger partial charge is 0.274 e. The molecule has 1 amide bonds. The Morgan fingerprint density at radius 1 is 0.935 bits per heavy atom. The van der Waals surface area contributed by atoms with Crippen molar-refractivity contribution < 1.29 is 13.2 Å². The minimum Gasteiger partial charge on any atom is -0.319 e. The lowest BCUT2D eigenvalue weighted by atomic mass is 10.1. The summed E-state index contributed by atoms with van der Waals surface area (Å²) in [5, 5.41) is 7.57. The maximum atomic E-state index is 13.2. The van der Waals surface area contributed by atoms with Crippen LogP contribution in [0.5, 0.6) is 0 Å². The second-order valence-electron chi connectivity index (χ2n) is 6.90. The van der Waals surface area contributed by atoms with Crippen LogP contribution in [0.3, 0.4) is 0 Å². The molecule has 6 nitrogen and oxygen atoms in total. The summed E-state index contributed by atoms with van der Waals surface area (Å²) < 4.78 is 25.3. The third kappa shape index (κ3) is 4.52. The fraction of sp³-hybridized carbons (Fsp3) is 0.0435. The molecule has 0 spiro atoms. The number of halogens is 1. The monoisotopic (exact) mass is 451 g/mol. The Labute approximate surface area is 185 Å². The predicted molar refractivity (Wildman–Crippen MR) is 122 cm³/mol. The molecule has 0 atom stereocenters. The molecule has 0 saturated heterocycles. The molecule has 4 aromatic rings. The second-order valence-corrected chi connectivity index (χ2v) is 9.32. The van der Waals surface area contributed by atoms with E-state index in [1.54, 1.807) is 10.7 Å². The summed E-state index contributed by atoms with van der Waals surface area (Å²) in [5.41, 5.74) is 2.70. The summed E-state index contributed by atoms with van der Waals surface area (Å²) in [6.45, 7) is 0. The predicted octanol–water partition coefficient (Wildman–Crippen LogP) is 4.85. The normalized spacial score (nSPS) is 11.3. The fourth-order valence-electron chi connectivity index (χ4n) is 3.08. The van der Waals surface area contributed by atoms with E-state index in [-0.39, 0.29) is 21.3 Å². The number of amides is 1. The summed E-state index contributed by atoms with van der Waals surface area (Å²) in [6, 6.07) is 24.7. The van der Waals surface area contributed by atoms with Crippen LogP contribution >= 0.6 is 11.6 Å². The molecule has 0 radical (unpaired) electrons. The Hall–Kier alpha value is -3.42. The lowest BCUT2D eigenvalue weighted by molar-refractivity contribution is 0.101. The molecule has 0 saturated carbocycles. The zero-order valence-corrected chi connectivity index (χ0v) is 18.1. The number of hydrogen-bond donors (Lipinski definition) is 1. The zero-order chi connectivity index (χ0) is 22.0. The van der Waals surface area contributed by atoms with Crippen LogP contribution in [0.1, 0.15) is 10.5 Å². The zero-order valence-electron chi connectivity index (χ0n) is 16.5. The number of hydrogen-bond acceptors (Lipinski definition) is 4. The van der Waals surface area contributed by atoms with Crippen molar-refractivity contribution in [1.29, 1.82) is 0 Å². The first kappa shape index (κ1) is 20.8. The van der Waals surface area contributed by atoms with E-state index < -0.39 is 15.7 Å². The van der Waals surface area contributed by atoms with Crippen molar-refractivity contribution in [2.45, 2.75) is 4.90 Å². The van der Waals surface area contributed by atoms with Crippen molar-refractivity contribution in [3.63, 3.8) is 0 Å². The van der Waals surface area contributed by atoms with Crippen LogP contribution in [-0.4, -0.2) is 30.4 Å². The van der Waals surface area contributed by atoms with Gasteiger partial charge < -0.3 is 5.32 Å². The highest BCUT2D eigenvalue weighted by Gasteiger charge is 2.19. The number of rotatable bonds is 5. The Morgan fingerprint density at radius 3 is 2.23 bits per heavy atom. The summed E-state index contributed by atoms with van der Waals surface area (Å²) in [6.07, 6.45) is 1.10. The topological polar surface area (TPSA) is 81.1 Å². The van der Waals surface area contributed by atoms with E-state index in [0.29, 0.717) is 11.4 Å². The standard InChI is InChI=1S/C23H18ClN3O3S/c1-31(29,30)18-12-13-19(24)21(14-18)25-23(28)22-15-20(16-8-4-2-5-9-16)26-27(22)17-10-6-3-7-11-17/h2-15H,1H3,(H,25,28). The average molecular weight is 452 g/mol. The number of para-hydroxylation sites is 1. The molecule has 8 heteroatoms. The fourth-order valence-corrected chi connectivity index (χ4v) is 3.89. The number of nitrogens with zero attached hydrogens (tertiary/aromatic N) is 2. The Morgan fingerprint density at radius 2 is 1.58 bits per heavy atom. The Kier molecular flexibility index (Phi) is 5.63. The lowest BCUT2D eigenvalue weighted by Gasteiger charge is -2.10. The van der Waals surface area contributed by atoms with Crippen molar-refractivity contribution in [2.24, 2.45) is 0 Å². The number of carbonyl (C=O) groups is 1. The van der Waals surface area contributed by atoms with Gasteiger partial charge in [-0.2, -0.15) is 5.10 Å². The van der Waals surface area contributed by atoms with Gasteiger partial charge in [0.2, 0.25) is 0 Å². The van der Waals surface area contributed by atoms with Crippen LogP contribution in [0.4, 0.5) is 5.69 Å². The maximum absolute atomic E-state index is 13.2. The minimum absolute atomic E-state index is 0.0636. The number of aromatic nitrogens is 2. The summed E-state index contributed by atoms with van der Waals surface area (Å²) in [4.78, 5) is 13.2. The highest BCUT2D eigenvalue weighted by Crippen LogP contribution is 2.27. The first-order valence-corrected chi connectivity index (χ1v) is 11.6. The van der Waals surface area contributed by atoms with Crippen LogP contribution in [-0.2, 0) is 9.84 Å². The van der Waals surface area contributed by atoms with Crippen molar-refractivity contribution in [3.8, 4) is 16.9 Å². The van der Waals surface area contributed by atoms with Crippen molar-refractivity contribution >= 4 is 33.0 Å². The van der Waals surface area contributed by atoms with Crippen molar-refractivity contribution in [2.75, 3.05) is 11.6 Å². The van der Waals surface area contributed by atoms with Gasteiger partial charge in [0.05, 0.1) is 27.0 Å². The summed E-state index contributed by atoms with van der Waals surface area (Å²) >= 11 is 6.20. The number of benzene rings is 3. The van der Waals surface area contributed by atoms with E-state index >= 15 is 0 Å². The van der Waals surface area contributed by atoms with E-state index in [9.17, 15) is 13.2 Å². The molecule has 0 bridgehead atoms. The average Bonchev–Trinajstić information content (AvgIpc) is 3.21. The summed E-state index contributed by atoms with van der Waals surface area (Å²) in [5.74, 6) is -0.467. The summed E-state index contributed by atoms with van der Waals surface area (Å²) in [7, 11) is -3.45. The van der Waals surface area contributed by atoms with Gasteiger partial charge in [-0.15, -0.1) is 0 Å². The van der Waals surface area contributed by atoms with E-state index in [0.717, 1.165) is 11.8 Å². The van der Waals surface area contributed by atoms with Crippen molar-refractivity contribution in [1.82, 2.24) is 9.78 Å². The van der Waals surface area contributed by atoms with Gasteiger partial charge in [-0.05, 0) is 36.4 Å². The molecule has 0 unspecified atom stereocenters. The molecule has 0 aliphatic heterocycles. The van der Waals surface area contributed by atoms with Crippen molar-refractivity contribution in [3.05, 3.63) is 95.6 Å². The minimum atomic E-state index is -3.45. The molecular formula is C23H18ClN3O3S. The number of carbonyl (C=O) groups excluding carboxylic acids is 1. The molecule has 1 aromatic heterocycles. The molecule has 31 heavy (non-hydrogen) atoms. The molecule has 156 valence electrons. The van der Waals surface area contributed by atoms with Crippen LogP contribution in [0.2, 0.25) is 5.02 Å². The number of nitrogens with one attached hydrogen (secondary N) is 1. The lowest BCUT2D eigenvalue weighted by Crippen LogP contribution is -2.17. The van der Waals surface area contributed by atoms with Gasteiger partial charge >= 0.3 is 0 Å². The molecule has 0 fully saturated rings. The van der Waals surface area contributed by atoms with Crippen LogP contribution in [0.15, 0.2) is 89.8 Å². The first-order valence-electron chi connectivity index (χ1n) is 9.35. The number of sulfone groups is 1. The first-order chi connectivity index (χ1) is 14.8. The molecule has 1 heterocycles. The molecule has 3 aromatic carbocycles. The maximum Gasteiger partial charge on any atom is 0.274 e. The van der Waals surface area contributed by atoms with Crippen LogP contribution in [0, 0.1) is 0 Å². The van der Waals surface area contributed by atoms with Crippen LogP contribution < -0.4 is 5.32 Å². The molecular weight excluding hydrogens is 434 g/mol. The van der Waals surface area contributed by atoms with E-state index in [1.807, 2.05) is 60.7 Å². The van der Waals surface area contributed by atoms with Gasteiger partial charge in [-0.25, -0.2) is 13.1 Å². The Balaban J connectivity index is 1.77. The Bertz CT molecular complexity index is 1350. The third-order valence-electron chi connectivity index (χ3n) is 4.63.